The van der Waals surface area contributed by atoms with Crippen LogP contribution in [0.5, 0.6) is 0 Å². The van der Waals surface area contributed by atoms with Crippen LogP contribution in [0.1, 0.15) is 11.8 Å². The van der Waals surface area contributed by atoms with E-state index in [9.17, 15) is 15.3 Å². The first-order chi connectivity index (χ1) is 13.6. The fraction of sp³-hybridized carbons (Fsp3) is 0.294. The van der Waals surface area contributed by atoms with Crippen molar-refractivity contribution in [3.63, 3.8) is 0 Å². The monoisotopic (exact) mass is 385 g/mol. The van der Waals surface area contributed by atoms with Crippen molar-refractivity contribution >= 4 is 29.1 Å². The Kier molecular flexibility index (Phi) is 4.88. The lowest BCUT2D eigenvalue weighted by Crippen LogP contribution is -2.33. The van der Waals surface area contributed by atoms with Crippen LogP contribution in [0.25, 0.3) is 11.2 Å². The number of nitrogens with zero attached hydrogens (tertiary/aromatic N) is 5. The summed E-state index contributed by atoms with van der Waals surface area (Å²) >= 11 is 0. The highest BCUT2D eigenvalue weighted by Crippen LogP contribution is 2.35. The number of hydrazone groups is 1. The van der Waals surface area contributed by atoms with Gasteiger partial charge >= 0.3 is 0 Å². The van der Waals surface area contributed by atoms with Crippen LogP contribution in [-0.4, -0.2) is 66.0 Å². The number of rotatable bonds is 5. The molecule has 0 bridgehead atoms. The molecule has 3 aromatic rings. The van der Waals surface area contributed by atoms with Crippen LogP contribution >= 0.6 is 0 Å². The maximum Gasteiger partial charge on any atom is 0.228 e. The van der Waals surface area contributed by atoms with Crippen LogP contribution in [0, 0.1) is 0 Å². The lowest BCUT2D eigenvalue weighted by Gasteiger charge is -2.18. The quantitative estimate of drug-likeness (QED) is 0.287. The van der Waals surface area contributed by atoms with E-state index in [0.29, 0.717) is 5.65 Å². The number of nitrogens with two attached hydrogens (primary N) is 1. The zero-order valence-electron chi connectivity index (χ0n) is 14.6. The van der Waals surface area contributed by atoms with E-state index in [0.717, 1.165) is 5.56 Å². The molecule has 0 spiro atoms. The second-order valence-electron chi connectivity index (χ2n) is 6.25. The number of nitrogen functional groups attached to an aromatic ring is 1. The lowest BCUT2D eigenvalue weighted by molar-refractivity contribution is -0.0501. The van der Waals surface area contributed by atoms with Crippen LogP contribution < -0.4 is 11.2 Å². The first kappa shape index (κ1) is 18.3. The van der Waals surface area contributed by atoms with Crippen molar-refractivity contribution in [1.29, 1.82) is 0 Å². The molecule has 146 valence electrons. The van der Waals surface area contributed by atoms with Crippen LogP contribution in [0.4, 0.5) is 11.8 Å². The summed E-state index contributed by atoms with van der Waals surface area (Å²) in [4.78, 5) is 12.4. The minimum absolute atomic E-state index is 0.144. The molecule has 3 heterocycles. The number of hydrogen-bond acceptors (Lipinski definition) is 10. The molecule has 0 unspecified atom stereocenters. The smallest absolute Gasteiger partial charge is 0.228 e. The van der Waals surface area contributed by atoms with E-state index in [4.69, 9.17) is 10.5 Å². The second-order valence-corrected chi connectivity index (χ2v) is 6.25. The van der Waals surface area contributed by atoms with Crippen molar-refractivity contribution in [2.45, 2.75) is 24.5 Å². The van der Waals surface area contributed by atoms with Gasteiger partial charge in [-0.3, -0.25) is 4.57 Å². The van der Waals surface area contributed by atoms with Crippen molar-refractivity contribution in [3.8, 4) is 0 Å². The molecule has 0 saturated carbocycles. The van der Waals surface area contributed by atoms with Crippen molar-refractivity contribution in [3.05, 3.63) is 42.2 Å². The molecular formula is C17H19N7O4. The van der Waals surface area contributed by atoms with Gasteiger partial charge in [-0.1, -0.05) is 30.3 Å². The maximum absolute atomic E-state index is 10.4. The molecule has 11 nitrogen and oxygen atoms in total. The number of fused-ring (bicyclic) bond motifs is 1. The van der Waals surface area contributed by atoms with Gasteiger partial charge in [-0.15, -0.1) is 0 Å². The zero-order valence-corrected chi connectivity index (χ0v) is 14.6. The minimum atomic E-state index is -1.32. The Morgan fingerprint density at radius 2 is 2.00 bits per heavy atom. The number of aliphatic hydroxyl groups excluding tert-OH is 3. The average molecular weight is 385 g/mol. The number of anilines is 2. The highest BCUT2D eigenvalue weighted by atomic mass is 16.6. The number of benzene rings is 1. The molecule has 28 heavy (non-hydrogen) atoms. The van der Waals surface area contributed by atoms with Crippen LogP contribution in [0.2, 0.25) is 0 Å². The number of nitrogens with one attached hydrogen (secondary N) is 1. The third-order valence-electron chi connectivity index (χ3n) is 4.45. The van der Waals surface area contributed by atoms with Gasteiger partial charge in [0.2, 0.25) is 5.95 Å². The fourth-order valence-corrected chi connectivity index (χ4v) is 3.04. The van der Waals surface area contributed by atoms with E-state index in [1.807, 2.05) is 30.3 Å². The molecule has 1 aliphatic rings. The summed E-state index contributed by atoms with van der Waals surface area (Å²) in [5.41, 5.74) is 10.1. The molecule has 4 rings (SSSR count). The highest BCUT2D eigenvalue weighted by molar-refractivity contribution is 5.84. The third kappa shape index (κ3) is 3.16. The van der Waals surface area contributed by atoms with E-state index >= 15 is 0 Å². The van der Waals surface area contributed by atoms with Gasteiger partial charge in [-0.2, -0.15) is 5.10 Å². The number of ether oxygens (including phenoxy) is 1. The average Bonchev–Trinajstić information content (AvgIpc) is 3.21. The highest BCUT2D eigenvalue weighted by Gasteiger charge is 2.45. The minimum Gasteiger partial charge on any atom is -0.394 e. The summed E-state index contributed by atoms with van der Waals surface area (Å²) in [6.45, 7) is -0.451. The van der Waals surface area contributed by atoms with Gasteiger partial charge in [-0.25, -0.2) is 20.4 Å². The molecule has 0 radical (unpaired) electrons. The van der Waals surface area contributed by atoms with E-state index in [1.165, 1.54) is 10.9 Å². The number of hydrogen-bond donors (Lipinski definition) is 5. The van der Waals surface area contributed by atoms with Gasteiger partial charge in [0.1, 0.15) is 24.6 Å². The predicted molar refractivity (Wildman–Crippen MR) is 100 cm³/mol. The van der Waals surface area contributed by atoms with Crippen molar-refractivity contribution in [1.82, 2.24) is 19.5 Å². The number of aliphatic hydroxyl groups is 3. The van der Waals surface area contributed by atoms with E-state index in [2.05, 4.69) is 25.5 Å². The van der Waals surface area contributed by atoms with E-state index < -0.39 is 31.1 Å². The van der Waals surface area contributed by atoms with E-state index in [-0.39, 0.29) is 17.3 Å². The predicted octanol–water partition coefficient (Wildman–Crippen LogP) is -0.534. The molecule has 0 amide bonds. The Balaban J connectivity index is 1.73. The van der Waals surface area contributed by atoms with Crippen LogP contribution in [0.15, 0.2) is 41.8 Å². The molecule has 0 aliphatic carbocycles. The van der Waals surface area contributed by atoms with Crippen molar-refractivity contribution < 1.29 is 20.1 Å². The third-order valence-corrected chi connectivity index (χ3v) is 4.45. The Morgan fingerprint density at radius 3 is 2.71 bits per heavy atom. The van der Waals surface area contributed by atoms with E-state index in [1.54, 1.807) is 6.21 Å². The van der Waals surface area contributed by atoms with Crippen LogP contribution in [-0.2, 0) is 4.74 Å². The molecule has 1 fully saturated rings. The summed E-state index contributed by atoms with van der Waals surface area (Å²) in [7, 11) is 0. The Hall–Kier alpha value is -3.12. The summed E-state index contributed by atoms with van der Waals surface area (Å²) < 4.78 is 7.04. The topological polar surface area (TPSA) is 164 Å². The SMILES string of the molecule is Nc1ncnc2c1nc(NN=Cc1ccccc1)n2[C@@H]1O[C@@H](CO)[C@@H](O)[C@@H]1O. The summed E-state index contributed by atoms with van der Waals surface area (Å²) in [5.74, 6) is 0.329. The summed E-state index contributed by atoms with van der Waals surface area (Å²) in [5, 5.41) is 34.0. The maximum atomic E-state index is 10.4. The Labute approximate surface area is 159 Å². The molecule has 2 aromatic heterocycles. The second kappa shape index (κ2) is 7.48. The summed E-state index contributed by atoms with van der Waals surface area (Å²) in [6, 6.07) is 9.42. The Bertz CT molecular complexity index is 994. The van der Waals surface area contributed by atoms with Gasteiger partial charge in [0.15, 0.2) is 23.2 Å². The lowest BCUT2D eigenvalue weighted by atomic mass is 10.1. The van der Waals surface area contributed by atoms with Gasteiger partial charge in [0, 0.05) is 0 Å². The van der Waals surface area contributed by atoms with Crippen molar-refractivity contribution in [2.24, 2.45) is 5.10 Å². The summed E-state index contributed by atoms with van der Waals surface area (Å²) in [6.07, 6.45) is -1.74. The number of aromatic nitrogens is 4. The first-order valence-electron chi connectivity index (χ1n) is 8.55. The van der Waals surface area contributed by atoms with Crippen molar-refractivity contribution in [2.75, 3.05) is 17.8 Å². The Morgan fingerprint density at radius 1 is 1.21 bits per heavy atom. The molecule has 4 atom stereocenters. The molecule has 1 saturated heterocycles. The van der Waals surface area contributed by atoms with Gasteiger partial charge < -0.3 is 25.8 Å². The van der Waals surface area contributed by atoms with Gasteiger partial charge in [-0.05, 0) is 5.56 Å². The standard InChI is InChI=1S/C17H19N7O4/c18-14-11-15(20-8-19-14)24(16-13(27)12(26)10(7-25)28-16)17(22-11)23-21-6-9-4-2-1-3-5-9/h1-6,8,10,12-13,16,25-27H,7H2,(H,22,23)(H2,18,19,20)/t10-,12+,13-,16+/m0/s1. The number of imidazole rings is 1. The molecule has 6 N–H and O–H groups in total. The van der Waals surface area contributed by atoms with Gasteiger partial charge in [0.25, 0.3) is 0 Å². The molecule has 11 heteroatoms. The fourth-order valence-electron chi connectivity index (χ4n) is 3.04. The largest absolute Gasteiger partial charge is 0.394 e. The first-order valence-corrected chi connectivity index (χ1v) is 8.55. The van der Waals surface area contributed by atoms with Gasteiger partial charge in [0.05, 0.1) is 12.8 Å². The van der Waals surface area contributed by atoms with Crippen LogP contribution in [0.3, 0.4) is 0 Å². The normalized spacial score (nSPS) is 25.0. The molecule has 1 aromatic carbocycles. The zero-order chi connectivity index (χ0) is 19.7. The molecule has 1 aliphatic heterocycles. The molecular weight excluding hydrogens is 366 g/mol.